The molecular formula is C22H33N3O4S. The van der Waals surface area contributed by atoms with Crippen LogP contribution in [0.2, 0.25) is 0 Å². The van der Waals surface area contributed by atoms with Crippen molar-refractivity contribution in [3.63, 3.8) is 0 Å². The van der Waals surface area contributed by atoms with E-state index in [0.717, 1.165) is 25.7 Å². The van der Waals surface area contributed by atoms with Gasteiger partial charge in [-0.2, -0.15) is 4.31 Å². The molecule has 1 aliphatic carbocycles. The highest BCUT2D eigenvalue weighted by Crippen LogP contribution is 2.30. The van der Waals surface area contributed by atoms with Crippen molar-refractivity contribution in [2.24, 2.45) is 5.92 Å². The SMILES string of the molecule is CCN(C(=O)C1CC(=O)N(c2ccc(S(=O)(=O)N(CC)CC)cc2)C1)C1CCCC1. The van der Waals surface area contributed by atoms with Crippen LogP contribution < -0.4 is 4.90 Å². The summed E-state index contributed by atoms with van der Waals surface area (Å²) in [5, 5.41) is 0. The molecule has 2 fully saturated rings. The minimum Gasteiger partial charge on any atom is -0.340 e. The van der Waals surface area contributed by atoms with Gasteiger partial charge in [-0.1, -0.05) is 26.7 Å². The van der Waals surface area contributed by atoms with Gasteiger partial charge in [0, 0.05) is 44.3 Å². The zero-order valence-electron chi connectivity index (χ0n) is 18.2. The molecule has 1 aromatic rings. The van der Waals surface area contributed by atoms with Crippen molar-refractivity contribution in [2.45, 2.75) is 63.8 Å². The van der Waals surface area contributed by atoms with Gasteiger partial charge in [0.05, 0.1) is 10.8 Å². The Bertz CT molecular complexity index is 859. The van der Waals surface area contributed by atoms with E-state index in [9.17, 15) is 18.0 Å². The molecule has 3 rings (SSSR count). The molecule has 0 aromatic heterocycles. The third-order valence-corrected chi connectivity index (χ3v) is 8.42. The second kappa shape index (κ2) is 9.47. The highest BCUT2D eigenvalue weighted by atomic mass is 32.2. The van der Waals surface area contributed by atoms with Gasteiger partial charge >= 0.3 is 0 Å². The first-order valence-corrected chi connectivity index (χ1v) is 12.5. The number of amides is 2. The zero-order valence-corrected chi connectivity index (χ0v) is 19.0. The molecule has 8 heteroatoms. The van der Waals surface area contributed by atoms with E-state index in [4.69, 9.17) is 0 Å². The van der Waals surface area contributed by atoms with Gasteiger partial charge < -0.3 is 9.80 Å². The Balaban J connectivity index is 1.73. The maximum atomic E-state index is 13.1. The lowest BCUT2D eigenvalue weighted by atomic mass is 10.1. The van der Waals surface area contributed by atoms with E-state index in [1.54, 1.807) is 43.0 Å². The van der Waals surface area contributed by atoms with Crippen molar-refractivity contribution in [3.05, 3.63) is 24.3 Å². The molecule has 2 amide bonds. The van der Waals surface area contributed by atoms with Gasteiger partial charge in [-0.3, -0.25) is 9.59 Å². The predicted octanol–water partition coefficient (Wildman–Crippen LogP) is 2.86. The van der Waals surface area contributed by atoms with Gasteiger partial charge in [0.25, 0.3) is 0 Å². The standard InChI is InChI=1S/C22H33N3O4S/c1-4-23(5-2)30(28,29)20-13-11-19(12-14-20)25-16-17(15-21(25)26)22(27)24(6-3)18-9-7-8-10-18/h11-14,17-18H,4-10,15-16H2,1-3H3. The zero-order chi connectivity index (χ0) is 21.9. The molecule has 1 atom stereocenters. The summed E-state index contributed by atoms with van der Waals surface area (Å²) in [7, 11) is -3.53. The Morgan fingerprint density at radius 3 is 2.17 bits per heavy atom. The fourth-order valence-electron chi connectivity index (χ4n) is 4.68. The van der Waals surface area contributed by atoms with Crippen LogP contribution in [0.3, 0.4) is 0 Å². The van der Waals surface area contributed by atoms with Gasteiger partial charge in [-0.25, -0.2) is 8.42 Å². The Labute approximate surface area is 180 Å². The van der Waals surface area contributed by atoms with Crippen LogP contribution in [0.4, 0.5) is 5.69 Å². The smallest absolute Gasteiger partial charge is 0.243 e. The van der Waals surface area contributed by atoms with Gasteiger partial charge in [0.1, 0.15) is 0 Å². The van der Waals surface area contributed by atoms with Gasteiger partial charge in [-0.05, 0) is 44.0 Å². The Morgan fingerprint density at radius 1 is 1.03 bits per heavy atom. The van der Waals surface area contributed by atoms with Crippen LogP contribution in [0.15, 0.2) is 29.2 Å². The number of nitrogens with zero attached hydrogens (tertiary/aromatic N) is 3. The molecule has 7 nitrogen and oxygen atoms in total. The maximum Gasteiger partial charge on any atom is 0.243 e. The number of hydrogen-bond acceptors (Lipinski definition) is 4. The molecule has 30 heavy (non-hydrogen) atoms. The first-order chi connectivity index (χ1) is 14.3. The summed E-state index contributed by atoms with van der Waals surface area (Å²) in [5.41, 5.74) is 0.637. The summed E-state index contributed by atoms with van der Waals surface area (Å²) >= 11 is 0. The number of carbonyl (C=O) groups is 2. The first kappa shape index (κ1) is 22.7. The molecule has 166 valence electrons. The monoisotopic (exact) mass is 435 g/mol. The van der Waals surface area contributed by atoms with Gasteiger partial charge in [0.2, 0.25) is 21.8 Å². The summed E-state index contributed by atoms with van der Waals surface area (Å²) in [6.07, 6.45) is 4.63. The lowest BCUT2D eigenvalue weighted by Gasteiger charge is -2.30. The number of benzene rings is 1. The third kappa shape index (κ3) is 4.39. The summed E-state index contributed by atoms with van der Waals surface area (Å²) < 4.78 is 26.7. The van der Waals surface area contributed by atoms with E-state index < -0.39 is 10.0 Å². The van der Waals surface area contributed by atoms with Crippen LogP contribution in [0.25, 0.3) is 0 Å². The minimum absolute atomic E-state index is 0.0704. The van der Waals surface area contributed by atoms with Crippen molar-refractivity contribution in [3.8, 4) is 0 Å². The molecular weight excluding hydrogens is 402 g/mol. The average Bonchev–Trinajstić information content (AvgIpc) is 3.39. The summed E-state index contributed by atoms with van der Waals surface area (Å²) in [6, 6.07) is 6.71. The van der Waals surface area contributed by atoms with Gasteiger partial charge in [0.15, 0.2) is 0 Å². The van der Waals surface area contributed by atoms with E-state index in [1.807, 2.05) is 11.8 Å². The van der Waals surface area contributed by atoms with Crippen LogP contribution in [0, 0.1) is 5.92 Å². The Kier molecular flexibility index (Phi) is 7.18. The molecule has 0 spiro atoms. The summed E-state index contributed by atoms with van der Waals surface area (Å²) in [6.45, 7) is 7.45. The summed E-state index contributed by atoms with van der Waals surface area (Å²) in [5.74, 6) is -0.353. The number of sulfonamides is 1. The molecule has 1 aromatic carbocycles. The molecule has 2 aliphatic rings. The minimum atomic E-state index is -3.53. The van der Waals surface area contributed by atoms with E-state index in [1.165, 1.54) is 4.31 Å². The molecule has 0 radical (unpaired) electrons. The average molecular weight is 436 g/mol. The van der Waals surface area contributed by atoms with Crippen LogP contribution in [-0.4, -0.2) is 61.7 Å². The number of hydrogen-bond donors (Lipinski definition) is 0. The van der Waals surface area contributed by atoms with Crippen molar-refractivity contribution in [1.82, 2.24) is 9.21 Å². The predicted molar refractivity (Wildman–Crippen MR) is 117 cm³/mol. The van der Waals surface area contributed by atoms with Crippen molar-refractivity contribution in [1.29, 1.82) is 0 Å². The quantitative estimate of drug-likeness (QED) is 0.629. The second-order valence-electron chi connectivity index (χ2n) is 8.05. The summed E-state index contributed by atoms with van der Waals surface area (Å²) in [4.78, 5) is 29.5. The van der Waals surface area contributed by atoms with E-state index >= 15 is 0 Å². The number of carbonyl (C=O) groups excluding carboxylic acids is 2. The maximum absolute atomic E-state index is 13.1. The molecule has 0 N–H and O–H groups in total. The van der Waals surface area contributed by atoms with Crippen molar-refractivity contribution in [2.75, 3.05) is 31.1 Å². The topological polar surface area (TPSA) is 78.0 Å². The lowest BCUT2D eigenvalue weighted by Crippen LogP contribution is -2.43. The first-order valence-electron chi connectivity index (χ1n) is 11.0. The molecule has 1 saturated carbocycles. The van der Waals surface area contributed by atoms with Gasteiger partial charge in [-0.15, -0.1) is 0 Å². The fourth-order valence-corrected chi connectivity index (χ4v) is 6.14. The molecule has 1 unspecified atom stereocenters. The normalized spacial score (nSPS) is 20.3. The lowest BCUT2D eigenvalue weighted by molar-refractivity contribution is -0.137. The second-order valence-corrected chi connectivity index (χ2v) is 9.99. The highest BCUT2D eigenvalue weighted by molar-refractivity contribution is 7.89. The van der Waals surface area contributed by atoms with E-state index in [2.05, 4.69) is 0 Å². The Morgan fingerprint density at radius 2 is 1.63 bits per heavy atom. The van der Waals surface area contributed by atoms with Crippen LogP contribution >= 0.6 is 0 Å². The molecule has 1 heterocycles. The molecule has 1 saturated heterocycles. The fraction of sp³-hybridized carbons (Fsp3) is 0.636. The largest absolute Gasteiger partial charge is 0.340 e. The molecule has 0 bridgehead atoms. The number of rotatable bonds is 8. The van der Waals surface area contributed by atoms with Crippen molar-refractivity contribution >= 4 is 27.5 Å². The third-order valence-electron chi connectivity index (χ3n) is 6.36. The van der Waals surface area contributed by atoms with Crippen LogP contribution in [0.5, 0.6) is 0 Å². The number of anilines is 1. The van der Waals surface area contributed by atoms with Crippen molar-refractivity contribution < 1.29 is 18.0 Å². The molecule has 1 aliphatic heterocycles. The van der Waals surface area contributed by atoms with E-state index in [0.29, 0.717) is 37.9 Å². The van der Waals surface area contributed by atoms with E-state index in [-0.39, 0.29) is 29.0 Å². The Hall–Kier alpha value is -1.93. The highest BCUT2D eigenvalue weighted by Gasteiger charge is 2.39. The van der Waals surface area contributed by atoms with Crippen LogP contribution in [0.1, 0.15) is 52.9 Å². The van der Waals surface area contributed by atoms with Crippen LogP contribution in [-0.2, 0) is 19.6 Å².